The first-order valence-corrected chi connectivity index (χ1v) is 21.3. The molecule has 1 aliphatic rings. The molecule has 1 rings (SSSR count). The van der Waals surface area contributed by atoms with Gasteiger partial charge in [-0.25, -0.2) is 0 Å². The standard InChI is InChI=1S/C41H77N9O7/c1-9-27(4)36-37(55)32(51)19-15-13-11-10-12-14-16-20-41(7,39(57)49-31(22-26(2)3)34(53)23-33(52)28(5)44-8)50-38(56)30(18-17-21-45-40(42)43)46-24-35(54)29(6)47-25-48-36/h26-31,36,40,44-48H,9-25,42-43H2,1-8H3,(H,49,57)(H,50,56)/t27-,28-,29-,30-,31-,36?,41-/m0/s1. The lowest BCUT2D eigenvalue weighted by atomic mass is 9.90. The number of carbonyl (C=O) groups excluding carboxylic acids is 7. The second kappa shape index (κ2) is 27.7. The Labute approximate surface area is 341 Å². The van der Waals surface area contributed by atoms with Crippen LogP contribution in [0.1, 0.15) is 138 Å². The molecule has 1 unspecified atom stereocenters. The average Bonchev–Trinajstić information content (AvgIpc) is 3.16. The quantitative estimate of drug-likeness (QED) is 0.0461. The summed E-state index contributed by atoms with van der Waals surface area (Å²) < 4.78 is 0. The number of ketones is 5. The van der Waals surface area contributed by atoms with Gasteiger partial charge in [-0.1, -0.05) is 72.6 Å². The van der Waals surface area contributed by atoms with Gasteiger partial charge in [0.2, 0.25) is 17.6 Å². The molecule has 0 saturated carbocycles. The largest absolute Gasteiger partial charge is 0.344 e. The highest BCUT2D eigenvalue weighted by Crippen LogP contribution is 2.20. The minimum atomic E-state index is -1.43. The van der Waals surface area contributed by atoms with Crippen molar-refractivity contribution in [3.05, 3.63) is 0 Å². The van der Waals surface area contributed by atoms with E-state index in [0.717, 1.165) is 32.1 Å². The lowest BCUT2D eigenvalue weighted by molar-refractivity contribution is -0.138. The minimum absolute atomic E-state index is 0.0317. The molecule has 11 N–H and O–H groups in total. The predicted molar refractivity (Wildman–Crippen MR) is 223 cm³/mol. The molecule has 1 saturated heterocycles. The molecule has 2 amide bonds. The molecule has 0 aromatic carbocycles. The van der Waals surface area contributed by atoms with E-state index in [-0.39, 0.29) is 68.1 Å². The first kappa shape index (κ1) is 52.0. The van der Waals surface area contributed by atoms with Crippen LogP contribution in [-0.4, -0.2) is 110 Å². The van der Waals surface area contributed by atoms with Gasteiger partial charge in [-0.05, 0) is 78.3 Å². The fourth-order valence-corrected chi connectivity index (χ4v) is 6.71. The van der Waals surface area contributed by atoms with Crippen molar-refractivity contribution in [3.8, 4) is 0 Å². The summed E-state index contributed by atoms with van der Waals surface area (Å²) in [4.78, 5) is 93.9. The summed E-state index contributed by atoms with van der Waals surface area (Å²) in [5.74, 6) is -2.80. The second-order valence-corrected chi connectivity index (χ2v) is 16.6. The van der Waals surface area contributed by atoms with E-state index in [9.17, 15) is 33.6 Å². The lowest BCUT2D eigenvalue weighted by Crippen LogP contribution is -2.62. The molecule has 16 nitrogen and oxygen atoms in total. The Balaban J connectivity index is 3.40. The smallest absolute Gasteiger partial charge is 0.246 e. The molecule has 16 heteroatoms. The van der Waals surface area contributed by atoms with E-state index >= 15 is 0 Å². The van der Waals surface area contributed by atoms with Crippen molar-refractivity contribution < 1.29 is 33.6 Å². The molecule has 328 valence electrons. The third-order valence-corrected chi connectivity index (χ3v) is 11.0. The number of hydrogen-bond donors (Lipinski definition) is 9. The third-order valence-electron chi connectivity index (χ3n) is 11.0. The number of hydrogen-bond acceptors (Lipinski definition) is 14. The Hall–Kier alpha value is -2.99. The zero-order valence-electron chi connectivity index (χ0n) is 36.2. The van der Waals surface area contributed by atoms with Crippen LogP contribution in [0.4, 0.5) is 0 Å². The van der Waals surface area contributed by atoms with Crippen LogP contribution in [0.25, 0.3) is 0 Å². The Morgan fingerprint density at radius 1 is 0.895 bits per heavy atom. The monoisotopic (exact) mass is 808 g/mol. The van der Waals surface area contributed by atoms with E-state index in [1.807, 2.05) is 27.7 Å². The van der Waals surface area contributed by atoms with Crippen LogP contribution >= 0.6 is 0 Å². The first-order valence-electron chi connectivity index (χ1n) is 21.3. The van der Waals surface area contributed by atoms with Crippen molar-refractivity contribution in [2.24, 2.45) is 23.3 Å². The van der Waals surface area contributed by atoms with Crippen molar-refractivity contribution in [2.75, 3.05) is 26.8 Å². The molecule has 1 fully saturated rings. The highest BCUT2D eigenvalue weighted by molar-refractivity contribution is 6.39. The van der Waals surface area contributed by atoms with Crippen molar-refractivity contribution in [1.82, 2.24) is 37.2 Å². The SMILES string of the molecule is CC[C@H](C)C1NCN[C@@H](C)C(=O)CN[C@@H](CCCNC(N)N)C(=O)N[C@](C)(C(=O)N[C@@H](CC(C)C)C(=O)CC(=O)[C@H](C)NC)CCCCCCCCCC(=O)C1=O. The molecule has 1 heterocycles. The van der Waals surface area contributed by atoms with E-state index in [1.54, 1.807) is 27.8 Å². The molecule has 1 aliphatic heterocycles. The molecule has 57 heavy (non-hydrogen) atoms. The molecule has 0 aliphatic carbocycles. The lowest BCUT2D eigenvalue weighted by Gasteiger charge is -2.33. The summed E-state index contributed by atoms with van der Waals surface area (Å²) in [5, 5.41) is 21.0. The third kappa shape index (κ3) is 20.0. The van der Waals surface area contributed by atoms with Gasteiger partial charge in [0.1, 0.15) is 11.8 Å². The van der Waals surface area contributed by atoms with Crippen LogP contribution in [0.5, 0.6) is 0 Å². The van der Waals surface area contributed by atoms with Crippen molar-refractivity contribution >= 4 is 40.7 Å². The number of likely N-dealkylation sites (N-methyl/N-ethyl adjacent to an activating group) is 1. The van der Waals surface area contributed by atoms with E-state index in [2.05, 4.69) is 37.2 Å². The summed E-state index contributed by atoms with van der Waals surface area (Å²) in [6.45, 7) is 13.1. The van der Waals surface area contributed by atoms with Gasteiger partial charge in [0.15, 0.2) is 23.1 Å². The average molecular weight is 808 g/mol. The number of carbonyl (C=O) groups is 7. The van der Waals surface area contributed by atoms with Crippen molar-refractivity contribution in [1.29, 1.82) is 0 Å². The molecule has 0 aromatic rings. The Morgan fingerprint density at radius 3 is 2.12 bits per heavy atom. The molecular formula is C41H77N9O7. The highest BCUT2D eigenvalue weighted by atomic mass is 16.2. The summed E-state index contributed by atoms with van der Waals surface area (Å²) in [6.07, 6.45) is 6.60. The van der Waals surface area contributed by atoms with Gasteiger partial charge < -0.3 is 27.4 Å². The van der Waals surface area contributed by atoms with E-state index < -0.39 is 65.4 Å². The van der Waals surface area contributed by atoms with Gasteiger partial charge in [-0.3, -0.25) is 54.8 Å². The molecule has 7 atom stereocenters. The Kier molecular flexibility index (Phi) is 25.2. The van der Waals surface area contributed by atoms with E-state index in [4.69, 9.17) is 11.5 Å². The number of amides is 2. The first-order chi connectivity index (χ1) is 26.9. The molecule has 0 aromatic heterocycles. The minimum Gasteiger partial charge on any atom is -0.344 e. The maximum atomic E-state index is 14.2. The highest BCUT2D eigenvalue weighted by Gasteiger charge is 2.39. The molecule has 0 radical (unpaired) electrons. The normalized spacial score (nSPS) is 25.1. The Bertz CT molecular complexity index is 1300. The van der Waals surface area contributed by atoms with Crippen molar-refractivity contribution in [2.45, 2.75) is 180 Å². The van der Waals surface area contributed by atoms with Crippen LogP contribution in [0.2, 0.25) is 0 Å². The fourth-order valence-electron chi connectivity index (χ4n) is 6.71. The van der Waals surface area contributed by atoms with Gasteiger partial charge in [0, 0.05) is 13.1 Å². The predicted octanol–water partition coefficient (Wildman–Crippen LogP) is 1.23. The van der Waals surface area contributed by atoms with Crippen LogP contribution in [0.15, 0.2) is 0 Å². The molecule has 0 spiro atoms. The van der Waals surface area contributed by atoms with Gasteiger partial charge in [0.25, 0.3) is 0 Å². The van der Waals surface area contributed by atoms with E-state index in [1.165, 1.54) is 0 Å². The van der Waals surface area contributed by atoms with Gasteiger partial charge in [-0.2, -0.15) is 0 Å². The zero-order chi connectivity index (χ0) is 43.1. The maximum Gasteiger partial charge on any atom is 0.246 e. The molecule has 0 bridgehead atoms. The number of rotatable bonds is 16. The number of nitrogens with two attached hydrogens (primary N) is 2. The van der Waals surface area contributed by atoms with Gasteiger partial charge in [0.05, 0.1) is 43.2 Å². The summed E-state index contributed by atoms with van der Waals surface area (Å²) >= 11 is 0. The number of Topliss-reactive ketones (excluding diaryl/α,β-unsaturated/α-hetero) is 5. The second-order valence-electron chi connectivity index (χ2n) is 16.6. The zero-order valence-corrected chi connectivity index (χ0v) is 36.2. The van der Waals surface area contributed by atoms with Crippen LogP contribution in [0.3, 0.4) is 0 Å². The Morgan fingerprint density at radius 2 is 1.53 bits per heavy atom. The van der Waals surface area contributed by atoms with Crippen molar-refractivity contribution in [3.63, 3.8) is 0 Å². The van der Waals surface area contributed by atoms with E-state index in [0.29, 0.717) is 38.6 Å². The van der Waals surface area contributed by atoms with Crippen LogP contribution in [0, 0.1) is 11.8 Å². The maximum absolute atomic E-state index is 14.2. The number of nitrogens with one attached hydrogen (secondary N) is 7. The summed E-state index contributed by atoms with van der Waals surface area (Å²) in [6, 6.07) is -3.66. The van der Waals surface area contributed by atoms with Gasteiger partial charge >= 0.3 is 0 Å². The fraction of sp³-hybridized carbons (Fsp3) is 0.829. The topological polar surface area (TPSA) is 256 Å². The molecular weight excluding hydrogens is 731 g/mol. The van der Waals surface area contributed by atoms with Crippen LogP contribution in [-0.2, 0) is 33.6 Å². The summed E-state index contributed by atoms with van der Waals surface area (Å²) in [5.41, 5.74) is 9.87. The van der Waals surface area contributed by atoms with Crippen LogP contribution < -0.4 is 48.7 Å². The van der Waals surface area contributed by atoms with Gasteiger partial charge in [-0.15, -0.1) is 0 Å². The summed E-state index contributed by atoms with van der Waals surface area (Å²) in [7, 11) is 1.64.